The zero-order valence-corrected chi connectivity index (χ0v) is 15.7. The van der Waals surface area contributed by atoms with Crippen LogP contribution in [0.25, 0.3) is 0 Å². The number of likely N-dealkylation sites (N-methyl/N-ethyl adjacent to an activating group) is 1. The second-order valence-electron chi connectivity index (χ2n) is 5.76. The van der Waals surface area contributed by atoms with E-state index in [1.807, 2.05) is 37.3 Å². The van der Waals surface area contributed by atoms with E-state index < -0.39 is 6.04 Å². The van der Waals surface area contributed by atoms with E-state index in [1.165, 1.54) is 0 Å². The standard InChI is InChI=1S/C20H23ClN2O3/c1-3-17(20(25)22-2)23(13-15-9-5-4-6-10-15)19(24)14-26-18-12-8-7-11-16(18)21/h4-12,17H,3,13-14H2,1-2H3,(H,22,25)/t17-/m1/s1. The average molecular weight is 375 g/mol. The number of benzene rings is 2. The number of nitrogens with zero attached hydrogens (tertiary/aromatic N) is 1. The van der Waals surface area contributed by atoms with E-state index in [9.17, 15) is 9.59 Å². The molecule has 1 N–H and O–H groups in total. The topological polar surface area (TPSA) is 58.6 Å². The Balaban J connectivity index is 2.17. The number of carbonyl (C=O) groups excluding carboxylic acids is 2. The van der Waals surface area contributed by atoms with Crippen molar-refractivity contribution < 1.29 is 14.3 Å². The fourth-order valence-electron chi connectivity index (χ4n) is 2.65. The van der Waals surface area contributed by atoms with Crippen LogP contribution in [0, 0.1) is 0 Å². The van der Waals surface area contributed by atoms with Crippen LogP contribution in [0.3, 0.4) is 0 Å². The zero-order chi connectivity index (χ0) is 18.9. The highest BCUT2D eigenvalue weighted by atomic mass is 35.5. The lowest BCUT2D eigenvalue weighted by Crippen LogP contribution is -2.49. The van der Waals surface area contributed by atoms with E-state index in [0.717, 1.165) is 5.56 Å². The Bertz CT molecular complexity index is 737. The maximum absolute atomic E-state index is 12.8. The molecule has 0 unspecified atom stereocenters. The lowest BCUT2D eigenvalue weighted by molar-refractivity contribution is -0.142. The number of halogens is 1. The highest BCUT2D eigenvalue weighted by Gasteiger charge is 2.28. The van der Waals surface area contributed by atoms with E-state index in [2.05, 4.69) is 5.32 Å². The number of para-hydroxylation sites is 1. The molecule has 0 saturated heterocycles. The number of ether oxygens (including phenoxy) is 1. The molecule has 2 amide bonds. The molecule has 0 aromatic heterocycles. The highest BCUT2D eigenvalue weighted by Crippen LogP contribution is 2.23. The summed E-state index contributed by atoms with van der Waals surface area (Å²) in [6.45, 7) is 2.02. The number of hydrogen-bond donors (Lipinski definition) is 1. The molecule has 2 aromatic rings. The van der Waals surface area contributed by atoms with Crippen LogP contribution in [0.1, 0.15) is 18.9 Å². The quantitative estimate of drug-likeness (QED) is 0.771. The van der Waals surface area contributed by atoms with Gasteiger partial charge in [-0.05, 0) is 24.1 Å². The van der Waals surface area contributed by atoms with Crippen molar-refractivity contribution in [2.45, 2.75) is 25.9 Å². The summed E-state index contributed by atoms with van der Waals surface area (Å²) in [5.74, 6) is -0.0334. The third-order valence-corrected chi connectivity index (χ3v) is 4.33. The van der Waals surface area contributed by atoms with Crippen molar-refractivity contribution in [2.75, 3.05) is 13.7 Å². The first kappa shape index (κ1) is 19.8. The normalized spacial score (nSPS) is 11.5. The number of rotatable bonds is 8. The second kappa shape index (κ2) is 9.82. The van der Waals surface area contributed by atoms with E-state index in [0.29, 0.717) is 23.7 Å². The van der Waals surface area contributed by atoms with Gasteiger partial charge in [0.25, 0.3) is 5.91 Å². The van der Waals surface area contributed by atoms with Gasteiger partial charge in [-0.25, -0.2) is 0 Å². The molecule has 1 atom stereocenters. The smallest absolute Gasteiger partial charge is 0.261 e. The van der Waals surface area contributed by atoms with E-state index in [4.69, 9.17) is 16.3 Å². The molecule has 0 radical (unpaired) electrons. The van der Waals surface area contributed by atoms with Gasteiger partial charge in [0.05, 0.1) is 5.02 Å². The number of amides is 2. The van der Waals surface area contributed by atoms with Gasteiger partial charge in [-0.1, -0.05) is 61.0 Å². The minimum Gasteiger partial charge on any atom is -0.482 e. The van der Waals surface area contributed by atoms with Gasteiger partial charge in [-0.2, -0.15) is 0 Å². The second-order valence-corrected chi connectivity index (χ2v) is 6.17. The summed E-state index contributed by atoms with van der Waals surface area (Å²) in [5.41, 5.74) is 0.945. The van der Waals surface area contributed by atoms with Gasteiger partial charge in [-0.15, -0.1) is 0 Å². The van der Waals surface area contributed by atoms with Crippen LogP contribution in [0.4, 0.5) is 0 Å². The number of hydrogen-bond acceptors (Lipinski definition) is 3. The SMILES string of the molecule is CC[C@H](C(=O)NC)N(Cc1ccccc1)C(=O)COc1ccccc1Cl. The summed E-state index contributed by atoms with van der Waals surface area (Å²) in [4.78, 5) is 26.6. The van der Waals surface area contributed by atoms with E-state index >= 15 is 0 Å². The first-order valence-electron chi connectivity index (χ1n) is 8.49. The number of carbonyl (C=O) groups is 2. The summed E-state index contributed by atoms with van der Waals surface area (Å²) < 4.78 is 5.57. The largest absolute Gasteiger partial charge is 0.482 e. The minimum absolute atomic E-state index is 0.190. The van der Waals surface area contributed by atoms with Gasteiger partial charge >= 0.3 is 0 Å². The van der Waals surface area contributed by atoms with Crippen LogP contribution < -0.4 is 10.1 Å². The number of nitrogens with one attached hydrogen (secondary N) is 1. The van der Waals surface area contributed by atoms with Crippen molar-refractivity contribution in [3.63, 3.8) is 0 Å². The predicted molar refractivity (Wildman–Crippen MR) is 102 cm³/mol. The van der Waals surface area contributed by atoms with Crippen molar-refractivity contribution >= 4 is 23.4 Å². The molecule has 6 heteroatoms. The van der Waals surface area contributed by atoms with E-state index in [-0.39, 0.29) is 18.4 Å². The summed E-state index contributed by atoms with van der Waals surface area (Å²) in [7, 11) is 1.57. The van der Waals surface area contributed by atoms with Gasteiger partial charge in [0.15, 0.2) is 6.61 Å². The van der Waals surface area contributed by atoms with Gasteiger partial charge < -0.3 is 15.0 Å². The van der Waals surface area contributed by atoms with Gasteiger partial charge in [-0.3, -0.25) is 9.59 Å². The molecule has 26 heavy (non-hydrogen) atoms. The lowest BCUT2D eigenvalue weighted by atomic mass is 10.1. The van der Waals surface area contributed by atoms with Crippen LogP contribution in [0.2, 0.25) is 5.02 Å². The third kappa shape index (κ3) is 5.23. The molecule has 2 aromatic carbocycles. The fourth-order valence-corrected chi connectivity index (χ4v) is 2.84. The van der Waals surface area contributed by atoms with Crippen molar-refractivity contribution in [3.8, 4) is 5.75 Å². The molecule has 5 nitrogen and oxygen atoms in total. The maximum Gasteiger partial charge on any atom is 0.261 e. The summed E-state index contributed by atoms with van der Waals surface area (Å²) >= 11 is 6.07. The Kier molecular flexibility index (Phi) is 7.48. The summed E-state index contributed by atoms with van der Waals surface area (Å²) in [6.07, 6.45) is 0.504. The Morgan fingerprint density at radius 1 is 1.12 bits per heavy atom. The third-order valence-electron chi connectivity index (χ3n) is 4.02. The lowest BCUT2D eigenvalue weighted by Gasteiger charge is -2.30. The Morgan fingerprint density at radius 3 is 2.38 bits per heavy atom. The van der Waals surface area contributed by atoms with Gasteiger partial charge in [0.2, 0.25) is 5.91 Å². The average Bonchev–Trinajstić information content (AvgIpc) is 2.67. The molecule has 0 saturated carbocycles. The molecule has 0 aliphatic carbocycles. The molecule has 0 bridgehead atoms. The summed E-state index contributed by atoms with van der Waals surface area (Å²) in [5, 5.41) is 3.06. The molecule has 0 heterocycles. The molecule has 0 aliphatic heterocycles. The molecule has 0 fully saturated rings. The highest BCUT2D eigenvalue weighted by molar-refractivity contribution is 6.32. The monoisotopic (exact) mass is 374 g/mol. The molecular formula is C20H23ClN2O3. The van der Waals surface area contributed by atoms with Crippen LogP contribution in [-0.2, 0) is 16.1 Å². The first-order chi connectivity index (χ1) is 12.6. The Morgan fingerprint density at radius 2 is 1.77 bits per heavy atom. The van der Waals surface area contributed by atoms with Crippen molar-refractivity contribution in [2.24, 2.45) is 0 Å². The molecular weight excluding hydrogens is 352 g/mol. The molecule has 138 valence electrons. The molecule has 2 rings (SSSR count). The molecule has 0 aliphatic rings. The first-order valence-corrected chi connectivity index (χ1v) is 8.87. The fraction of sp³-hybridized carbons (Fsp3) is 0.300. The van der Waals surface area contributed by atoms with Crippen molar-refractivity contribution in [3.05, 3.63) is 65.2 Å². The van der Waals surface area contributed by atoms with E-state index in [1.54, 1.807) is 36.2 Å². The minimum atomic E-state index is -0.567. The Labute approximate surface area is 158 Å². The van der Waals surface area contributed by atoms with Crippen LogP contribution >= 0.6 is 11.6 Å². The zero-order valence-electron chi connectivity index (χ0n) is 14.9. The van der Waals surface area contributed by atoms with Crippen LogP contribution in [0.15, 0.2) is 54.6 Å². The Hall–Kier alpha value is -2.53. The maximum atomic E-state index is 12.8. The predicted octanol–water partition coefficient (Wildman–Crippen LogP) is 3.27. The van der Waals surface area contributed by atoms with Crippen LogP contribution in [-0.4, -0.2) is 36.4 Å². The van der Waals surface area contributed by atoms with Gasteiger partial charge in [0, 0.05) is 13.6 Å². The van der Waals surface area contributed by atoms with Crippen molar-refractivity contribution in [1.82, 2.24) is 10.2 Å². The summed E-state index contributed by atoms with van der Waals surface area (Å²) in [6, 6.07) is 16.0. The van der Waals surface area contributed by atoms with Crippen LogP contribution in [0.5, 0.6) is 5.75 Å². The van der Waals surface area contributed by atoms with Crippen molar-refractivity contribution in [1.29, 1.82) is 0 Å². The molecule has 0 spiro atoms. The van der Waals surface area contributed by atoms with Gasteiger partial charge in [0.1, 0.15) is 11.8 Å².